The molecule has 0 amide bonds. The second-order valence-corrected chi connectivity index (χ2v) is 7.01. The van der Waals surface area contributed by atoms with Crippen LogP contribution >= 0.6 is 7.92 Å². The van der Waals surface area contributed by atoms with Crippen LogP contribution in [0.1, 0.15) is 17.3 Å². The van der Waals surface area contributed by atoms with E-state index in [9.17, 15) is 9.90 Å². The average Bonchev–Trinajstić information content (AvgIpc) is 2.57. The number of allylic oxidation sites excluding steroid dienone is 5. The van der Waals surface area contributed by atoms with Crippen LogP contribution in [-0.4, -0.2) is 11.1 Å². The predicted octanol–water partition coefficient (Wildman–Crippen LogP) is 4.46. The Morgan fingerprint density at radius 2 is 1.74 bits per heavy atom. The molecule has 0 aliphatic carbocycles. The van der Waals surface area contributed by atoms with Crippen molar-refractivity contribution in [2.45, 2.75) is 6.92 Å². The maximum Gasteiger partial charge on any atom is 0.336 e. The number of benzene rings is 2. The van der Waals surface area contributed by atoms with Crippen LogP contribution in [0.15, 0.2) is 90.8 Å². The van der Waals surface area contributed by atoms with Gasteiger partial charge in [0.05, 0.1) is 5.56 Å². The van der Waals surface area contributed by atoms with Gasteiger partial charge in [-0.15, -0.1) is 0 Å². The van der Waals surface area contributed by atoms with Gasteiger partial charge in [0.2, 0.25) is 0 Å². The van der Waals surface area contributed by atoms with Crippen molar-refractivity contribution in [2.75, 3.05) is 0 Å². The second-order valence-electron chi connectivity index (χ2n) is 4.82. The van der Waals surface area contributed by atoms with Crippen molar-refractivity contribution in [1.82, 2.24) is 0 Å². The molecule has 0 bridgehead atoms. The largest absolute Gasteiger partial charge is 0.478 e. The Hall–Kier alpha value is -2.44. The van der Waals surface area contributed by atoms with Gasteiger partial charge in [-0.1, -0.05) is 79.4 Å². The van der Waals surface area contributed by atoms with Gasteiger partial charge < -0.3 is 5.11 Å². The zero-order chi connectivity index (χ0) is 16.7. The summed E-state index contributed by atoms with van der Waals surface area (Å²) in [5, 5.41) is 12.6. The molecule has 0 aliphatic heterocycles. The van der Waals surface area contributed by atoms with E-state index in [2.05, 4.69) is 6.58 Å². The zero-order valence-corrected chi connectivity index (χ0v) is 13.9. The summed E-state index contributed by atoms with van der Waals surface area (Å²) in [6, 6.07) is 17.2. The van der Waals surface area contributed by atoms with Crippen molar-refractivity contribution >= 4 is 24.5 Å². The van der Waals surface area contributed by atoms with Gasteiger partial charge in [-0.25, -0.2) is 4.79 Å². The molecule has 0 aliphatic rings. The Morgan fingerprint density at radius 1 is 1.09 bits per heavy atom. The van der Waals surface area contributed by atoms with E-state index in [0.717, 1.165) is 15.9 Å². The van der Waals surface area contributed by atoms with Gasteiger partial charge in [-0.05, 0) is 36.8 Å². The predicted molar refractivity (Wildman–Crippen MR) is 99.1 cm³/mol. The number of rotatable bonds is 6. The molecule has 0 fully saturated rings. The molecule has 0 heterocycles. The van der Waals surface area contributed by atoms with E-state index in [-0.39, 0.29) is 0 Å². The highest BCUT2D eigenvalue weighted by molar-refractivity contribution is 7.77. The molecule has 1 unspecified atom stereocenters. The van der Waals surface area contributed by atoms with E-state index in [4.69, 9.17) is 0 Å². The van der Waals surface area contributed by atoms with Crippen LogP contribution < -0.4 is 10.6 Å². The normalized spacial score (nSPS) is 13.0. The van der Waals surface area contributed by atoms with Crippen LogP contribution in [0.2, 0.25) is 0 Å². The lowest BCUT2D eigenvalue weighted by Crippen LogP contribution is -2.19. The third-order valence-corrected chi connectivity index (χ3v) is 5.77. The molecule has 0 saturated carbocycles. The Morgan fingerprint density at radius 3 is 2.35 bits per heavy atom. The number of aromatic carboxylic acids is 1. The fourth-order valence-electron chi connectivity index (χ4n) is 2.35. The smallest absolute Gasteiger partial charge is 0.336 e. The minimum atomic E-state index is -0.957. The third kappa shape index (κ3) is 4.06. The van der Waals surface area contributed by atoms with Gasteiger partial charge in [0.25, 0.3) is 0 Å². The minimum absolute atomic E-state index is 0.349. The molecule has 1 atom stereocenters. The summed E-state index contributed by atoms with van der Waals surface area (Å²) in [4.78, 5) is 11.6. The number of carboxylic acid groups (broad SMARTS) is 1. The standard InChI is InChI=1S/C20H19O2P/c1-3-10-16(11-4-2)23(17-12-6-5-7-13-17)19-15-9-8-14-18(19)20(21)22/h3-15H,1H2,2H3,(H,21,22)/b11-4-,16-10+. The monoisotopic (exact) mass is 322 g/mol. The molecule has 0 aromatic heterocycles. The quantitative estimate of drug-likeness (QED) is 0.629. The summed E-state index contributed by atoms with van der Waals surface area (Å²) in [5.41, 5.74) is 0.349. The summed E-state index contributed by atoms with van der Waals surface area (Å²) < 4.78 is 0. The summed E-state index contributed by atoms with van der Waals surface area (Å²) >= 11 is 0. The Balaban J connectivity index is 2.71. The average molecular weight is 322 g/mol. The molecule has 23 heavy (non-hydrogen) atoms. The molecule has 2 nitrogen and oxygen atoms in total. The van der Waals surface area contributed by atoms with E-state index < -0.39 is 13.9 Å². The van der Waals surface area contributed by atoms with Crippen LogP contribution in [-0.2, 0) is 0 Å². The lowest BCUT2D eigenvalue weighted by atomic mass is 10.2. The van der Waals surface area contributed by atoms with Crippen LogP contribution in [0, 0.1) is 0 Å². The van der Waals surface area contributed by atoms with Gasteiger partial charge in [0, 0.05) is 0 Å². The van der Waals surface area contributed by atoms with E-state index in [1.807, 2.05) is 67.6 Å². The van der Waals surface area contributed by atoms with Crippen molar-refractivity contribution in [3.63, 3.8) is 0 Å². The Labute approximate surface area is 138 Å². The highest BCUT2D eigenvalue weighted by Gasteiger charge is 2.22. The van der Waals surface area contributed by atoms with Crippen LogP contribution in [0.5, 0.6) is 0 Å². The van der Waals surface area contributed by atoms with Gasteiger partial charge in [0.15, 0.2) is 0 Å². The van der Waals surface area contributed by atoms with Crippen molar-refractivity contribution in [2.24, 2.45) is 0 Å². The third-order valence-electron chi connectivity index (χ3n) is 3.27. The fourth-order valence-corrected chi connectivity index (χ4v) is 4.87. The number of hydrogen-bond acceptors (Lipinski definition) is 1. The lowest BCUT2D eigenvalue weighted by Gasteiger charge is -2.21. The van der Waals surface area contributed by atoms with Gasteiger partial charge in [-0.3, -0.25) is 0 Å². The first-order valence-electron chi connectivity index (χ1n) is 7.32. The van der Waals surface area contributed by atoms with Crippen molar-refractivity contribution in [3.05, 3.63) is 96.4 Å². The SMILES string of the molecule is C=C/C=C(\C=C/C)P(c1ccccc1)c1ccccc1C(=O)O. The highest BCUT2D eigenvalue weighted by atomic mass is 31.1. The van der Waals surface area contributed by atoms with Gasteiger partial charge >= 0.3 is 5.97 Å². The maximum atomic E-state index is 11.6. The molecule has 1 N–H and O–H groups in total. The van der Waals surface area contributed by atoms with Crippen LogP contribution in [0.3, 0.4) is 0 Å². The van der Waals surface area contributed by atoms with Gasteiger partial charge in [-0.2, -0.15) is 0 Å². The number of hydrogen-bond donors (Lipinski definition) is 1. The van der Waals surface area contributed by atoms with E-state index in [0.29, 0.717) is 5.56 Å². The molecule has 0 radical (unpaired) electrons. The molecular formula is C20H19O2P. The van der Waals surface area contributed by atoms with Crippen molar-refractivity contribution < 1.29 is 9.90 Å². The zero-order valence-electron chi connectivity index (χ0n) is 13.0. The maximum absolute atomic E-state index is 11.6. The molecule has 3 heteroatoms. The Bertz CT molecular complexity index is 745. The fraction of sp³-hybridized carbons (Fsp3) is 0.0500. The van der Waals surface area contributed by atoms with E-state index >= 15 is 0 Å². The number of carbonyl (C=O) groups is 1. The van der Waals surface area contributed by atoms with E-state index in [1.54, 1.807) is 18.2 Å². The minimum Gasteiger partial charge on any atom is -0.478 e. The summed E-state index contributed by atoms with van der Waals surface area (Å²) in [6.07, 6.45) is 7.70. The first-order chi connectivity index (χ1) is 11.2. The molecule has 116 valence electrons. The summed E-state index contributed by atoms with van der Waals surface area (Å²) in [7, 11) is -0.957. The molecular weight excluding hydrogens is 303 g/mol. The highest BCUT2D eigenvalue weighted by Crippen LogP contribution is 2.44. The van der Waals surface area contributed by atoms with Crippen LogP contribution in [0.4, 0.5) is 0 Å². The first kappa shape index (κ1) is 16.9. The summed E-state index contributed by atoms with van der Waals surface area (Å²) in [6.45, 7) is 5.75. The molecule has 0 spiro atoms. The lowest BCUT2D eigenvalue weighted by molar-refractivity contribution is 0.0698. The first-order valence-corrected chi connectivity index (χ1v) is 8.66. The Kier molecular flexibility index (Phi) is 6.08. The second kappa shape index (κ2) is 8.26. The molecule has 2 rings (SSSR count). The molecule has 0 saturated heterocycles. The topological polar surface area (TPSA) is 37.3 Å². The molecule has 2 aromatic carbocycles. The van der Waals surface area contributed by atoms with Crippen molar-refractivity contribution in [1.29, 1.82) is 0 Å². The van der Waals surface area contributed by atoms with Crippen molar-refractivity contribution in [3.8, 4) is 0 Å². The van der Waals surface area contributed by atoms with Gasteiger partial charge in [0.1, 0.15) is 0 Å². The molecule has 2 aromatic rings. The summed E-state index contributed by atoms with van der Waals surface area (Å²) in [5.74, 6) is -0.900. The number of carboxylic acids is 1. The van der Waals surface area contributed by atoms with E-state index in [1.165, 1.54) is 0 Å². The van der Waals surface area contributed by atoms with Crippen LogP contribution in [0.25, 0.3) is 0 Å².